The van der Waals surface area contributed by atoms with Crippen molar-refractivity contribution in [2.45, 2.75) is 51.6 Å². The van der Waals surface area contributed by atoms with Crippen molar-refractivity contribution in [1.82, 2.24) is 9.88 Å². The van der Waals surface area contributed by atoms with E-state index in [2.05, 4.69) is 10.3 Å². The molecule has 0 radical (unpaired) electrons. The molecule has 5 heteroatoms. The molecule has 1 N–H and O–H groups in total. The highest BCUT2D eigenvalue weighted by Gasteiger charge is 2.25. The molecule has 1 aromatic rings. The van der Waals surface area contributed by atoms with Gasteiger partial charge in [0.2, 0.25) is 0 Å². The molecule has 0 aromatic carbocycles. The monoisotopic (exact) mass is 317 g/mol. The van der Waals surface area contributed by atoms with E-state index in [1.165, 1.54) is 25.7 Å². The quantitative estimate of drug-likeness (QED) is 0.923. The molecule has 2 amide bonds. The van der Waals surface area contributed by atoms with Gasteiger partial charge in [0.15, 0.2) is 0 Å². The Labute approximate surface area is 138 Å². The molecule has 1 saturated heterocycles. The number of pyridine rings is 1. The molecule has 1 aliphatic heterocycles. The molecular formula is C18H27N3O2. The number of nitrogens with one attached hydrogen (secondary N) is 1. The van der Waals surface area contributed by atoms with Crippen molar-refractivity contribution < 1.29 is 9.53 Å². The third kappa shape index (κ3) is 4.67. The van der Waals surface area contributed by atoms with Crippen molar-refractivity contribution in [3.63, 3.8) is 0 Å². The lowest BCUT2D eigenvalue weighted by Crippen LogP contribution is -2.43. The first-order chi connectivity index (χ1) is 11.2. The second kappa shape index (κ2) is 7.77. The number of ether oxygens (including phenoxy) is 1. The second-order valence-electron chi connectivity index (χ2n) is 6.82. The molecule has 5 nitrogen and oxygen atoms in total. The first-order valence-electron chi connectivity index (χ1n) is 8.81. The number of aryl methyl sites for hydroxylation is 1. The van der Waals surface area contributed by atoms with E-state index in [9.17, 15) is 4.79 Å². The van der Waals surface area contributed by atoms with Gasteiger partial charge in [-0.1, -0.05) is 12.8 Å². The molecule has 1 saturated carbocycles. The Morgan fingerprint density at radius 1 is 1.30 bits per heavy atom. The van der Waals surface area contributed by atoms with Gasteiger partial charge >= 0.3 is 6.03 Å². The minimum atomic E-state index is -0.0580. The standard InChI is InChI=1S/C18H27N3O2/c1-14-6-9-19-17(12-14)20-18(22)21-10-7-16(8-11-21)23-13-15-4-2-3-5-15/h6,9,12,15-16H,2-5,7-8,10-11,13H2,1H3,(H,19,20,22). The lowest BCUT2D eigenvalue weighted by Gasteiger charge is -2.32. The number of aromatic nitrogens is 1. The van der Waals surface area contributed by atoms with E-state index >= 15 is 0 Å². The Kier molecular flexibility index (Phi) is 5.49. The number of carbonyl (C=O) groups is 1. The number of carbonyl (C=O) groups excluding carboxylic acids is 1. The highest BCUT2D eigenvalue weighted by molar-refractivity contribution is 5.88. The maximum absolute atomic E-state index is 12.3. The molecule has 1 aromatic heterocycles. The summed E-state index contributed by atoms with van der Waals surface area (Å²) >= 11 is 0. The topological polar surface area (TPSA) is 54.5 Å². The summed E-state index contributed by atoms with van der Waals surface area (Å²) in [4.78, 5) is 18.3. The molecule has 0 spiro atoms. The van der Waals surface area contributed by atoms with Crippen LogP contribution in [0.3, 0.4) is 0 Å². The maximum Gasteiger partial charge on any atom is 0.323 e. The van der Waals surface area contributed by atoms with Gasteiger partial charge in [0.25, 0.3) is 0 Å². The fraction of sp³-hybridized carbons (Fsp3) is 0.667. The van der Waals surface area contributed by atoms with Crippen LogP contribution < -0.4 is 5.32 Å². The minimum absolute atomic E-state index is 0.0580. The van der Waals surface area contributed by atoms with Crippen LogP contribution in [0, 0.1) is 12.8 Å². The summed E-state index contributed by atoms with van der Waals surface area (Å²) in [6.45, 7) is 4.41. The van der Waals surface area contributed by atoms with Gasteiger partial charge < -0.3 is 9.64 Å². The molecule has 0 bridgehead atoms. The van der Waals surface area contributed by atoms with E-state index in [4.69, 9.17) is 4.74 Å². The van der Waals surface area contributed by atoms with Gasteiger partial charge in [-0.2, -0.15) is 0 Å². The zero-order valence-corrected chi connectivity index (χ0v) is 14.0. The van der Waals surface area contributed by atoms with Gasteiger partial charge in [0, 0.05) is 25.9 Å². The Bertz CT molecular complexity index is 521. The van der Waals surface area contributed by atoms with E-state index in [1.807, 2.05) is 24.0 Å². The Balaban J connectivity index is 1.40. The van der Waals surface area contributed by atoms with E-state index in [0.717, 1.165) is 44.0 Å². The first kappa shape index (κ1) is 16.2. The van der Waals surface area contributed by atoms with Gasteiger partial charge in [0.1, 0.15) is 5.82 Å². The predicted octanol–water partition coefficient (Wildman–Crippen LogP) is 3.59. The molecule has 2 heterocycles. The van der Waals surface area contributed by atoms with Crippen molar-refractivity contribution in [1.29, 1.82) is 0 Å². The summed E-state index contributed by atoms with van der Waals surface area (Å²) in [7, 11) is 0. The van der Waals surface area contributed by atoms with E-state index in [1.54, 1.807) is 6.20 Å². The number of rotatable bonds is 4. The number of piperidine rings is 1. The third-order valence-electron chi connectivity index (χ3n) is 4.92. The summed E-state index contributed by atoms with van der Waals surface area (Å²) in [6, 6.07) is 3.75. The Morgan fingerprint density at radius 3 is 2.74 bits per heavy atom. The lowest BCUT2D eigenvalue weighted by atomic mass is 10.1. The van der Waals surface area contributed by atoms with Gasteiger partial charge in [-0.25, -0.2) is 9.78 Å². The Morgan fingerprint density at radius 2 is 2.04 bits per heavy atom. The summed E-state index contributed by atoms with van der Waals surface area (Å²) in [5.41, 5.74) is 1.09. The van der Waals surface area contributed by atoms with Crippen molar-refractivity contribution in [2.75, 3.05) is 25.0 Å². The van der Waals surface area contributed by atoms with E-state index in [-0.39, 0.29) is 6.03 Å². The summed E-state index contributed by atoms with van der Waals surface area (Å²) in [5.74, 6) is 1.39. The molecule has 0 atom stereocenters. The number of amides is 2. The zero-order chi connectivity index (χ0) is 16.1. The average molecular weight is 317 g/mol. The van der Waals surface area contributed by atoms with Crippen LogP contribution in [0.15, 0.2) is 18.3 Å². The number of likely N-dealkylation sites (tertiary alicyclic amines) is 1. The average Bonchev–Trinajstić information content (AvgIpc) is 3.07. The van der Waals surface area contributed by atoms with Crippen LogP contribution in [0.25, 0.3) is 0 Å². The van der Waals surface area contributed by atoms with Crippen molar-refractivity contribution in [3.8, 4) is 0 Å². The normalized spacial score (nSPS) is 20.0. The molecule has 0 unspecified atom stereocenters. The van der Waals surface area contributed by atoms with Crippen LogP contribution in [0.5, 0.6) is 0 Å². The first-order valence-corrected chi connectivity index (χ1v) is 8.81. The summed E-state index contributed by atoms with van der Waals surface area (Å²) in [6.07, 6.45) is 9.27. The fourth-order valence-corrected chi connectivity index (χ4v) is 3.47. The van der Waals surface area contributed by atoms with Gasteiger partial charge in [-0.3, -0.25) is 5.32 Å². The highest BCUT2D eigenvalue weighted by atomic mass is 16.5. The van der Waals surface area contributed by atoms with E-state index in [0.29, 0.717) is 11.9 Å². The third-order valence-corrected chi connectivity index (χ3v) is 4.92. The smallest absolute Gasteiger partial charge is 0.323 e. The van der Waals surface area contributed by atoms with Crippen molar-refractivity contribution in [2.24, 2.45) is 5.92 Å². The maximum atomic E-state index is 12.3. The molecule has 23 heavy (non-hydrogen) atoms. The van der Waals surface area contributed by atoms with Crippen LogP contribution in [0.1, 0.15) is 44.1 Å². The number of hydrogen-bond acceptors (Lipinski definition) is 3. The van der Waals surface area contributed by atoms with Gasteiger partial charge in [-0.15, -0.1) is 0 Å². The molecule has 126 valence electrons. The van der Waals surface area contributed by atoms with Crippen molar-refractivity contribution >= 4 is 11.8 Å². The largest absolute Gasteiger partial charge is 0.378 e. The number of nitrogens with zero attached hydrogens (tertiary/aromatic N) is 2. The zero-order valence-electron chi connectivity index (χ0n) is 14.0. The van der Waals surface area contributed by atoms with E-state index < -0.39 is 0 Å². The molecule has 3 rings (SSSR count). The van der Waals surface area contributed by atoms with Crippen LogP contribution in [-0.2, 0) is 4.74 Å². The minimum Gasteiger partial charge on any atom is -0.378 e. The molecule has 2 aliphatic rings. The second-order valence-corrected chi connectivity index (χ2v) is 6.82. The Hall–Kier alpha value is -1.62. The SMILES string of the molecule is Cc1ccnc(NC(=O)N2CCC(OCC3CCCC3)CC2)c1. The molecule has 2 fully saturated rings. The van der Waals surface area contributed by atoms with Crippen LogP contribution in [-0.4, -0.2) is 41.7 Å². The van der Waals surface area contributed by atoms with Crippen LogP contribution in [0.4, 0.5) is 10.6 Å². The predicted molar refractivity (Wildman–Crippen MR) is 90.5 cm³/mol. The highest BCUT2D eigenvalue weighted by Crippen LogP contribution is 2.26. The number of urea groups is 1. The van der Waals surface area contributed by atoms with Gasteiger partial charge in [0.05, 0.1) is 6.10 Å². The summed E-state index contributed by atoms with van der Waals surface area (Å²) in [5, 5.41) is 2.88. The van der Waals surface area contributed by atoms with Gasteiger partial charge in [-0.05, 0) is 56.2 Å². The van der Waals surface area contributed by atoms with Crippen LogP contribution in [0.2, 0.25) is 0 Å². The van der Waals surface area contributed by atoms with Crippen molar-refractivity contribution in [3.05, 3.63) is 23.9 Å². The molecule has 1 aliphatic carbocycles. The fourth-order valence-electron chi connectivity index (χ4n) is 3.47. The summed E-state index contributed by atoms with van der Waals surface area (Å²) < 4.78 is 6.06. The lowest BCUT2D eigenvalue weighted by molar-refractivity contribution is -0.00115. The van der Waals surface area contributed by atoms with Crippen LogP contribution >= 0.6 is 0 Å². The molecular weight excluding hydrogens is 290 g/mol. The number of hydrogen-bond donors (Lipinski definition) is 1. The number of anilines is 1.